The van der Waals surface area contributed by atoms with Crippen molar-refractivity contribution < 1.29 is 9.53 Å². The van der Waals surface area contributed by atoms with Gasteiger partial charge in [0, 0.05) is 25.6 Å². The molecule has 21 heavy (non-hydrogen) atoms. The van der Waals surface area contributed by atoms with E-state index >= 15 is 0 Å². The van der Waals surface area contributed by atoms with E-state index in [0.717, 1.165) is 17.3 Å². The van der Waals surface area contributed by atoms with Crippen LogP contribution in [0.25, 0.3) is 10.9 Å². The number of carbonyl (C=O) groups is 1. The predicted octanol–water partition coefficient (Wildman–Crippen LogP) is 2.54. The van der Waals surface area contributed by atoms with Gasteiger partial charge < -0.3 is 20.8 Å². The number of anilines is 1. The zero-order chi connectivity index (χ0) is 15.5. The highest BCUT2D eigenvalue weighted by atomic mass is 16.5. The number of carbonyl (C=O) groups excluding carboxylic acids is 1. The molecule has 5 heteroatoms. The number of H-pyrrole nitrogens is 1. The highest BCUT2D eigenvalue weighted by molar-refractivity contribution is 6.00. The number of aromatic amines is 1. The van der Waals surface area contributed by atoms with Crippen LogP contribution in [-0.2, 0) is 4.74 Å². The quantitative estimate of drug-likeness (QED) is 0.715. The van der Waals surface area contributed by atoms with Crippen LogP contribution < -0.4 is 11.1 Å². The van der Waals surface area contributed by atoms with Crippen LogP contribution in [0.1, 0.15) is 30.8 Å². The second kappa shape index (κ2) is 6.18. The molecule has 0 radical (unpaired) electrons. The van der Waals surface area contributed by atoms with E-state index in [0.29, 0.717) is 24.5 Å². The summed E-state index contributed by atoms with van der Waals surface area (Å²) < 4.78 is 5.09. The van der Waals surface area contributed by atoms with E-state index in [2.05, 4.69) is 24.1 Å². The van der Waals surface area contributed by atoms with Crippen LogP contribution in [0.5, 0.6) is 0 Å². The number of hydrogen-bond donors (Lipinski definition) is 3. The number of hydrogen-bond acceptors (Lipinski definition) is 3. The predicted molar refractivity (Wildman–Crippen MR) is 85.3 cm³/mol. The topological polar surface area (TPSA) is 80.1 Å². The van der Waals surface area contributed by atoms with E-state index in [9.17, 15) is 4.79 Å². The number of amides is 1. The van der Waals surface area contributed by atoms with Crippen molar-refractivity contribution in [3.8, 4) is 0 Å². The van der Waals surface area contributed by atoms with Crippen molar-refractivity contribution in [2.24, 2.45) is 5.41 Å². The highest BCUT2D eigenvalue weighted by Crippen LogP contribution is 2.22. The zero-order valence-electron chi connectivity index (χ0n) is 12.8. The number of methoxy groups -OCH3 is 1. The van der Waals surface area contributed by atoms with Crippen molar-refractivity contribution in [3.05, 3.63) is 30.0 Å². The van der Waals surface area contributed by atoms with Crippen LogP contribution in [-0.4, -0.2) is 31.2 Å². The molecule has 0 fully saturated rings. The summed E-state index contributed by atoms with van der Waals surface area (Å²) in [5.74, 6) is -0.115. The molecule has 2 rings (SSSR count). The molecule has 1 heterocycles. The molecule has 1 amide bonds. The number of ether oxygens (including phenoxy) is 1. The first-order valence-electron chi connectivity index (χ1n) is 7.07. The molecule has 0 saturated heterocycles. The van der Waals surface area contributed by atoms with E-state index < -0.39 is 0 Å². The van der Waals surface area contributed by atoms with E-state index in [4.69, 9.17) is 10.5 Å². The molecule has 4 N–H and O–H groups in total. The Kier molecular flexibility index (Phi) is 4.53. The Morgan fingerprint density at radius 3 is 2.86 bits per heavy atom. The van der Waals surface area contributed by atoms with Gasteiger partial charge in [0.1, 0.15) is 5.69 Å². The number of aromatic nitrogens is 1. The van der Waals surface area contributed by atoms with Gasteiger partial charge in [-0.25, -0.2) is 0 Å². The molecule has 0 aliphatic carbocycles. The molecule has 0 atom stereocenters. The monoisotopic (exact) mass is 289 g/mol. The number of benzene rings is 1. The highest BCUT2D eigenvalue weighted by Gasteiger charge is 2.19. The fourth-order valence-electron chi connectivity index (χ4n) is 2.18. The van der Waals surface area contributed by atoms with Crippen LogP contribution >= 0.6 is 0 Å². The number of fused-ring (bicyclic) bond motifs is 1. The van der Waals surface area contributed by atoms with Crippen molar-refractivity contribution in [3.63, 3.8) is 0 Å². The van der Waals surface area contributed by atoms with E-state index in [1.165, 1.54) is 0 Å². The molecule has 1 aromatic carbocycles. The van der Waals surface area contributed by atoms with Gasteiger partial charge in [-0.1, -0.05) is 26.0 Å². The second-order valence-electron chi connectivity index (χ2n) is 6.08. The Labute approximate surface area is 124 Å². The van der Waals surface area contributed by atoms with Gasteiger partial charge in [0.2, 0.25) is 0 Å². The first-order chi connectivity index (χ1) is 9.93. The summed E-state index contributed by atoms with van der Waals surface area (Å²) in [4.78, 5) is 15.3. The van der Waals surface area contributed by atoms with Crippen LogP contribution in [0.4, 0.5) is 5.69 Å². The van der Waals surface area contributed by atoms with Crippen LogP contribution in [0.3, 0.4) is 0 Å². The lowest BCUT2D eigenvalue weighted by atomic mass is 9.90. The smallest absolute Gasteiger partial charge is 0.267 e. The average Bonchev–Trinajstić information content (AvgIpc) is 2.88. The fraction of sp³-hybridized carbons (Fsp3) is 0.438. The summed E-state index contributed by atoms with van der Waals surface area (Å²) in [5.41, 5.74) is 7.87. The maximum atomic E-state index is 12.2. The van der Waals surface area contributed by atoms with Gasteiger partial charge in [-0.3, -0.25) is 4.79 Å². The summed E-state index contributed by atoms with van der Waals surface area (Å²) in [6.45, 7) is 5.50. The van der Waals surface area contributed by atoms with Gasteiger partial charge in [0.25, 0.3) is 5.91 Å². The molecule has 0 aliphatic heterocycles. The molecule has 0 unspecified atom stereocenters. The molecular weight excluding hydrogens is 266 g/mol. The summed E-state index contributed by atoms with van der Waals surface area (Å²) in [7, 11) is 1.68. The average molecular weight is 289 g/mol. The molecule has 2 aromatic rings. The fourth-order valence-corrected chi connectivity index (χ4v) is 2.18. The van der Waals surface area contributed by atoms with E-state index in [1.807, 2.05) is 24.3 Å². The third kappa shape index (κ3) is 3.76. The molecule has 1 aromatic heterocycles. The van der Waals surface area contributed by atoms with Crippen molar-refractivity contribution in [1.82, 2.24) is 10.3 Å². The third-order valence-corrected chi connectivity index (χ3v) is 3.64. The standard InChI is InChI=1S/C16H23N3O2/c1-16(2,7-8-21-3)10-18-15(20)13-9-11-5-4-6-12(17)14(11)19-13/h4-6,9,19H,7-8,10,17H2,1-3H3,(H,18,20). The number of rotatable bonds is 6. The van der Waals surface area contributed by atoms with Crippen LogP contribution in [0.2, 0.25) is 0 Å². The van der Waals surface area contributed by atoms with Crippen LogP contribution in [0.15, 0.2) is 24.3 Å². The van der Waals surface area contributed by atoms with E-state index in [-0.39, 0.29) is 11.3 Å². The minimum atomic E-state index is -0.115. The SMILES string of the molecule is COCCC(C)(C)CNC(=O)c1cc2cccc(N)c2[nH]1. The van der Waals surface area contributed by atoms with Gasteiger partial charge in [-0.2, -0.15) is 0 Å². The lowest BCUT2D eigenvalue weighted by Gasteiger charge is -2.24. The van der Waals surface area contributed by atoms with Gasteiger partial charge in [0.15, 0.2) is 0 Å². The number of nitrogen functional groups attached to an aromatic ring is 1. The zero-order valence-corrected chi connectivity index (χ0v) is 12.8. The Hall–Kier alpha value is -2.01. The molecule has 0 bridgehead atoms. The van der Waals surface area contributed by atoms with Crippen molar-refractivity contribution in [2.75, 3.05) is 26.0 Å². The largest absolute Gasteiger partial charge is 0.397 e. The van der Waals surface area contributed by atoms with Gasteiger partial charge in [0.05, 0.1) is 11.2 Å². The molecular formula is C16H23N3O2. The lowest BCUT2D eigenvalue weighted by molar-refractivity contribution is 0.0917. The summed E-state index contributed by atoms with van der Waals surface area (Å²) >= 11 is 0. The molecule has 0 aliphatic rings. The van der Waals surface area contributed by atoms with Gasteiger partial charge in [-0.05, 0) is 24.0 Å². The lowest BCUT2D eigenvalue weighted by Crippen LogP contribution is -2.34. The normalized spacial score (nSPS) is 11.8. The summed E-state index contributed by atoms with van der Waals surface area (Å²) in [6, 6.07) is 7.44. The van der Waals surface area contributed by atoms with E-state index in [1.54, 1.807) is 7.11 Å². The minimum absolute atomic E-state index is 0.00326. The Morgan fingerprint density at radius 2 is 2.19 bits per heavy atom. The van der Waals surface area contributed by atoms with Gasteiger partial charge in [-0.15, -0.1) is 0 Å². The Morgan fingerprint density at radius 1 is 1.43 bits per heavy atom. The van der Waals surface area contributed by atoms with Crippen LogP contribution in [0, 0.1) is 5.41 Å². The molecule has 0 spiro atoms. The number of nitrogens with one attached hydrogen (secondary N) is 2. The molecule has 5 nitrogen and oxygen atoms in total. The minimum Gasteiger partial charge on any atom is -0.397 e. The summed E-state index contributed by atoms with van der Waals surface area (Å²) in [6.07, 6.45) is 0.892. The van der Waals surface area contributed by atoms with Crippen molar-refractivity contribution in [1.29, 1.82) is 0 Å². The molecule has 114 valence electrons. The van der Waals surface area contributed by atoms with Crippen molar-refractivity contribution in [2.45, 2.75) is 20.3 Å². The summed E-state index contributed by atoms with van der Waals surface area (Å²) in [5, 5.41) is 3.91. The number of para-hydroxylation sites is 1. The maximum Gasteiger partial charge on any atom is 0.267 e. The molecule has 0 saturated carbocycles. The Balaban J connectivity index is 2.04. The second-order valence-corrected chi connectivity index (χ2v) is 6.08. The maximum absolute atomic E-state index is 12.2. The van der Waals surface area contributed by atoms with Gasteiger partial charge >= 0.3 is 0 Å². The number of nitrogens with two attached hydrogens (primary N) is 1. The van der Waals surface area contributed by atoms with Crippen molar-refractivity contribution >= 4 is 22.5 Å². The Bertz CT molecular complexity index is 631. The first kappa shape index (κ1) is 15.4. The first-order valence-corrected chi connectivity index (χ1v) is 7.07. The third-order valence-electron chi connectivity index (χ3n) is 3.64.